The number of hydrogen-bond donors (Lipinski definition) is 1. The van der Waals surface area contributed by atoms with Crippen LogP contribution in [0.15, 0.2) is 0 Å². The third-order valence-corrected chi connectivity index (χ3v) is 5.86. The van der Waals surface area contributed by atoms with Crippen LogP contribution in [0.4, 0.5) is 0 Å². The van der Waals surface area contributed by atoms with Crippen LogP contribution >= 0.6 is 0 Å². The van der Waals surface area contributed by atoms with Crippen molar-refractivity contribution in [2.24, 2.45) is 11.3 Å². The zero-order valence-corrected chi connectivity index (χ0v) is 12.6. The first kappa shape index (κ1) is 13.5. The molecule has 114 valence electrons. The van der Waals surface area contributed by atoms with Crippen molar-refractivity contribution in [3.8, 4) is 0 Å². The molecule has 2 aliphatic carbocycles. The van der Waals surface area contributed by atoms with Gasteiger partial charge in [0, 0.05) is 31.2 Å². The molecule has 4 aliphatic rings. The molecule has 3 nitrogen and oxygen atoms in total. The first-order valence-electron chi connectivity index (χ1n) is 8.82. The Morgan fingerprint density at radius 1 is 1.00 bits per heavy atom. The Morgan fingerprint density at radius 3 is 2.60 bits per heavy atom. The van der Waals surface area contributed by atoms with E-state index in [4.69, 9.17) is 9.47 Å². The summed E-state index contributed by atoms with van der Waals surface area (Å²) < 4.78 is 12.0. The molecule has 2 heterocycles. The van der Waals surface area contributed by atoms with Crippen LogP contribution in [0, 0.1) is 11.3 Å². The molecule has 0 spiro atoms. The van der Waals surface area contributed by atoms with Gasteiger partial charge in [-0.25, -0.2) is 0 Å². The quantitative estimate of drug-likeness (QED) is 0.777. The van der Waals surface area contributed by atoms with E-state index in [-0.39, 0.29) is 0 Å². The van der Waals surface area contributed by atoms with Gasteiger partial charge < -0.3 is 14.8 Å². The van der Waals surface area contributed by atoms with E-state index < -0.39 is 0 Å². The van der Waals surface area contributed by atoms with Gasteiger partial charge in [0.15, 0.2) is 0 Å². The van der Waals surface area contributed by atoms with Crippen LogP contribution in [0.2, 0.25) is 0 Å². The minimum Gasteiger partial charge on any atom is -0.378 e. The van der Waals surface area contributed by atoms with Crippen molar-refractivity contribution in [1.29, 1.82) is 0 Å². The molecule has 1 N–H and O–H groups in total. The number of nitrogens with one attached hydrogen (secondary N) is 1. The lowest BCUT2D eigenvalue weighted by Crippen LogP contribution is -2.43. The number of ether oxygens (including phenoxy) is 2. The molecule has 0 amide bonds. The molecule has 3 heteroatoms. The van der Waals surface area contributed by atoms with Gasteiger partial charge in [0.05, 0.1) is 12.2 Å². The molecule has 0 aromatic carbocycles. The Labute approximate surface area is 122 Å². The summed E-state index contributed by atoms with van der Waals surface area (Å²) in [5, 5.41) is 3.81. The highest BCUT2D eigenvalue weighted by atomic mass is 16.5. The summed E-state index contributed by atoms with van der Waals surface area (Å²) >= 11 is 0. The zero-order chi connectivity index (χ0) is 13.4. The third kappa shape index (κ3) is 2.90. The maximum absolute atomic E-state index is 6.18. The van der Waals surface area contributed by atoms with Crippen molar-refractivity contribution >= 4 is 0 Å². The van der Waals surface area contributed by atoms with Gasteiger partial charge >= 0.3 is 0 Å². The lowest BCUT2D eigenvalue weighted by atomic mass is 9.74. The Kier molecular flexibility index (Phi) is 3.78. The fourth-order valence-corrected chi connectivity index (χ4v) is 4.24. The van der Waals surface area contributed by atoms with Gasteiger partial charge in [0.1, 0.15) is 0 Å². The second-order valence-corrected chi connectivity index (χ2v) is 7.57. The van der Waals surface area contributed by atoms with Crippen LogP contribution in [0.1, 0.15) is 57.8 Å². The summed E-state index contributed by atoms with van der Waals surface area (Å²) in [6.07, 6.45) is 13.0. The molecule has 20 heavy (non-hydrogen) atoms. The van der Waals surface area contributed by atoms with Crippen LogP contribution in [0.5, 0.6) is 0 Å². The monoisotopic (exact) mass is 279 g/mol. The third-order valence-electron chi connectivity index (χ3n) is 5.86. The zero-order valence-electron chi connectivity index (χ0n) is 12.6. The predicted octanol–water partition coefficient (Wildman–Crippen LogP) is 2.88. The van der Waals surface area contributed by atoms with Gasteiger partial charge in [0.25, 0.3) is 0 Å². The SMILES string of the molecule is C1COC(CCC2(CNC3CC3)CCOC2C2CC2)C1. The maximum Gasteiger partial charge on any atom is 0.0672 e. The Balaban J connectivity index is 1.39. The molecule has 0 radical (unpaired) electrons. The maximum atomic E-state index is 6.18. The summed E-state index contributed by atoms with van der Waals surface area (Å²) in [4.78, 5) is 0. The van der Waals surface area contributed by atoms with E-state index in [9.17, 15) is 0 Å². The van der Waals surface area contributed by atoms with E-state index >= 15 is 0 Å². The largest absolute Gasteiger partial charge is 0.378 e. The topological polar surface area (TPSA) is 30.5 Å². The summed E-state index contributed by atoms with van der Waals surface area (Å²) in [6.45, 7) is 3.16. The predicted molar refractivity (Wildman–Crippen MR) is 78.7 cm³/mol. The van der Waals surface area contributed by atoms with Crippen LogP contribution < -0.4 is 5.32 Å². The van der Waals surface area contributed by atoms with Crippen LogP contribution in [-0.4, -0.2) is 38.0 Å². The normalized spacial score (nSPS) is 41.4. The van der Waals surface area contributed by atoms with E-state index in [0.717, 1.165) is 25.2 Å². The van der Waals surface area contributed by atoms with E-state index in [2.05, 4.69) is 5.32 Å². The second kappa shape index (κ2) is 5.58. The molecule has 0 aromatic heterocycles. The molecular weight excluding hydrogens is 250 g/mol. The molecule has 0 aromatic rings. The lowest BCUT2D eigenvalue weighted by molar-refractivity contribution is 0.0153. The van der Waals surface area contributed by atoms with Gasteiger partial charge in [0.2, 0.25) is 0 Å². The van der Waals surface area contributed by atoms with Gasteiger partial charge in [-0.1, -0.05) is 0 Å². The Hall–Kier alpha value is -0.120. The molecule has 2 aliphatic heterocycles. The molecule has 4 rings (SSSR count). The summed E-state index contributed by atoms with van der Waals surface area (Å²) in [5.41, 5.74) is 0.412. The highest BCUT2D eigenvalue weighted by Gasteiger charge is 2.51. The molecule has 2 saturated heterocycles. The van der Waals surface area contributed by atoms with Gasteiger partial charge in [-0.05, 0) is 63.7 Å². The Bertz CT molecular complexity index is 334. The molecule has 3 atom stereocenters. The fraction of sp³-hybridized carbons (Fsp3) is 1.00. The first-order valence-corrected chi connectivity index (χ1v) is 8.82. The van der Waals surface area contributed by atoms with Crippen molar-refractivity contribution in [2.75, 3.05) is 19.8 Å². The Morgan fingerprint density at radius 2 is 1.90 bits per heavy atom. The number of rotatable bonds is 7. The molecule has 3 unspecified atom stereocenters. The molecule has 2 saturated carbocycles. The van der Waals surface area contributed by atoms with Crippen LogP contribution in [0.25, 0.3) is 0 Å². The van der Waals surface area contributed by atoms with Gasteiger partial charge in [-0.15, -0.1) is 0 Å². The molecule has 4 fully saturated rings. The second-order valence-electron chi connectivity index (χ2n) is 7.57. The van der Waals surface area contributed by atoms with Gasteiger partial charge in [-0.3, -0.25) is 0 Å². The summed E-state index contributed by atoms with van der Waals surface area (Å²) in [7, 11) is 0. The molecule has 0 bridgehead atoms. The van der Waals surface area contributed by atoms with Crippen molar-refractivity contribution in [3.63, 3.8) is 0 Å². The van der Waals surface area contributed by atoms with Gasteiger partial charge in [-0.2, -0.15) is 0 Å². The minimum atomic E-state index is 0.412. The fourth-order valence-electron chi connectivity index (χ4n) is 4.24. The minimum absolute atomic E-state index is 0.412. The smallest absolute Gasteiger partial charge is 0.0672 e. The first-order chi connectivity index (χ1) is 9.86. The van der Waals surface area contributed by atoms with E-state index in [1.54, 1.807) is 0 Å². The summed E-state index contributed by atoms with van der Waals surface area (Å²) in [5.74, 6) is 0.864. The average molecular weight is 279 g/mol. The van der Waals surface area contributed by atoms with Crippen LogP contribution in [0.3, 0.4) is 0 Å². The van der Waals surface area contributed by atoms with E-state index in [1.165, 1.54) is 64.3 Å². The van der Waals surface area contributed by atoms with Crippen molar-refractivity contribution in [1.82, 2.24) is 5.32 Å². The molecular formula is C17H29NO2. The van der Waals surface area contributed by atoms with Crippen molar-refractivity contribution < 1.29 is 9.47 Å². The highest BCUT2D eigenvalue weighted by Crippen LogP contribution is 2.50. The standard InChI is InChI=1S/C17H29NO2/c1-2-15(19-10-1)7-8-17(12-18-14-5-6-14)9-11-20-16(17)13-3-4-13/h13-16,18H,1-12H2. The lowest BCUT2D eigenvalue weighted by Gasteiger charge is -2.35. The summed E-state index contributed by atoms with van der Waals surface area (Å²) in [6, 6.07) is 0.815. The van der Waals surface area contributed by atoms with Crippen molar-refractivity contribution in [2.45, 2.75) is 76.0 Å². The highest BCUT2D eigenvalue weighted by molar-refractivity contribution is 5.02. The average Bonchev–Trinajstić information content (AvgIpc) is 3.39. The van der Waals surface area contributed by atoms with E-state index in [0.29, 0.717) is 17.6 Å². The number of hydrogen-bond acceptors (Lipinski definition) is 3. The van der Waals surface area contributed by atoms with Crippen molar-refractivity contribution in [3.05, 3.63) is 0 Å². The van der Waals surface area contributed by atoms with E-state index in [1.807, 2.05) is 0 Å². The van der Waals surface area contributed by atoms with Crippen LogP contribution in [-0.2, 0) is 9.47 Å².